The molecule has 160 valence electrons. The molecular formula is C19H28N4O4S2. The molecule has 0 radical (unpaired) electrons. The molecule has 0 aliphatic heterocycles. The van der Waals surface area contributed by atoms with Gasteiger partial charge >= 0.3 is 0 Å². The fourth-order valence-electron chi connectivity index (χ4n) is 3.07. The first-order valence-corrected chi connectivity index (χ1v) is 12.2. The largest absolute Gasteiger partial charge is 0.292 e. The molecule has 1 aromatic heterocycles. The lowest BCUT2D eigenvalue weighted by molar-refractivity contribution is 0.445. The number of hydrogen-bond donors (Lipinski definition) is 2. The number of pyridine rings is 1. The van der Waals surface area contributed by atoms with Crippen LogP contribution >= 0.6 is 0 Å². The molecule has 0 saturated carbocycles. The van der Waals surface area contributed by atoms with Crippen molar-refractivity contribution < 1.29 is 16.8 Å². The fourth-order valence-corrected chi connectivity index (χ4v) is 5.95. The van der Waals surface area contributed by atoms with Crippen molar-refractivity contribution in [3.05, 3.63) is 46.6 Å². The molecule has 1 aromatic carbocycles. The summed E-state index contributed by atoms with van der Waals surface area (Å²) < 4.78 is 52.0. The van der Waals surface area contributed by atoms with Crippen LogP contribution in [0.2, 0.25) is 0 Å². The van der Waals surface area contributed by atoms with Crippen molar-refractivity contribution in [1.29, 1.82) is 0 Å². The number of aryl methyl sites for hydroxylation is 2. The van der Waals surface area contributed by atoms with Gasteiger partial charge in [-0.3, -0.25) is 5.43 Å². The highest BCUT2D eigenvalue weighted by molar-refractivity contribution is 7.89. The third-order valence-corrected chi connectivity index (χ3v) is 8.51. The van der Waals surface area contributed by atoms with Crippen molar-refractivity contribution in [3.63, 3.8) is 0 Å². The number of hydrogen-bond acceptors (Lipinski definition) is 6. The van der Waals surface area contributed by atoms with Crippen LogP contribution < -0.4 is 10.3 Å². The molecule has 29 heavy (non-hydrogen) atoms. The molecule has 0 unspecified atom stereocenters. The number of rotatable bonds is 8. The molecule has 1 heterocycles. The second-order valence-corrected chi connectivity index (χ2v) is 10.3. The SMILES string of the molecule is CCN(CC)S(=O)(=O)c1ccc(NNS(=O)(=O)c2c(C)c(C)cc(C)c2C)nc1. The van der Waals surface area contributed by atoms with Crippen molar-refractivity contribution in [2.45, 2.75) is 51.3 Å². The van der Waals surface area contributed by atoms with Gasteiger partial charge in [0, 0.05) is 19.3 Å². The molecule has 0 bridgehead atoms. The molecule has 2 aromatic rings. The van der Waals surface area contributed by atoms with Gasteiger partial charge in [-0.25, -0.2) is 21.8 Å². The third-order valence-electron chi connectivity index (χ3n) is 4.96. The molecule has 0 fully saturated rings. The summed E-state index contributed by atoms with van der Waals surface area (Å²) in [4.78, 5) is 6.64. The zero-order valence-corrected chi connectivity index (χ0v) is 19.2. The van der Waals surface area contributed by atoms with Gasteiger partial charge in [-0.2, -0.15) is 4.31 Å². The van der Waals surface area contributed by atoms with Gasteiger partial charge in [-0.15, -0.1) is 4.83 Å². The maximum Gasteiger partial charge on any atom is 0.257 e. The molecule has 0 amide bonds. The topological polar surface area (TPSA) is 108 Å². The third kappa shape index (κ3) is 4.77. The lowest BCUT2D eigenvalue weighted by Gasteiger charge is -2.18. The minimum atomic E-state index is -3.85. The monoisotopic (exact) mass is 440 g/mol. The molecule has 8 nitrogen and oxygen atoms in total. The predicted octanol–water partition coefficient (Wildman–Crippen LogP) is 2.65. The zero-order chi connectivity index (χ0) is 22.0. The highest BCUT2D eigenvalue weighted by Gasteiger charge is 2.23. The van der Waals surface area contributed by atoms with E-state index in [-0.39, 0.29) is 15.6 Å². The Kier molecular flexibility index (Phi) is 7.05. The lowest BCUT2D eigenvalue weighted by atomic mass is 10.0. The summed E-state index contributed by atoms with van der Waals surface area (Å²) in [5.41, 5.74) is 5.68. The summed E-state index contributed by atoms with van der Waals surface area (Å²) in [6.07, 6.45) is 1.21. The quantitative estimate of drug-likeness (QED) is 0.611. The Bertz CT molecular complexity index is 1070. The number of anilines is 1. The van der Waals surface area contributed by atoms with Crippen molar-refractivity contribution in [2.24, 2.45) is 0 Å². The number of nitrogens with one attached hydrogen (secondary N) is 2. The maximum atomic E-state index is 12.8. The molecule has 0 aliphatic rings. The average Bonchev–Trinajstić information content (AvgIpc) is 2.66. The van der Waals surface area contributed by atoms with E-state index >= 15 is 0 Å². The van der Waals surface area contributed by atoms with Gasteiger partial charge in [0.1, 0.15) is 10.7 Å². The van der Waals surface area contributed by atoms with Gasteiger partial charge in [0.05, 0.1) is 4.90 Å². The standard InChI is InChI=1S/C19H28N4O4S2/c1-7-23(8-2)29(26,27)17-9-10-18(20-12-17)21-22-28(24,25)19-15(5)13(3)11-14(4)16(19)6/h9-12,22H,7-8H2,1-6H3,(H,20,21). The van der Waals surface area contributed by atoms with E-state index < -0.39 is 20.0 Å². The van der Waals surface area contributed by atoms with Crippen LogP contribution in [0, 0.1) is 27.7 Å². The van der Waals surface area contributed by atoms with Crippen LogP contribution in [-0.4, -0.2) is 39.2 Å². The fraction of sp³-hybridized carbons (Fsp3) is 0.421. The minimum absolute atomic E-state index is 0.0515. The Morgan fingerprint density at radius 3 is 1.93 bits per heavy atom. The first-order valence-electron chi connectivity index (χ1n) is 9.27. The first-order chi connectivity index (χ1) is 13.5. The Morgan fingerprint density at radius 1 is 0.931 bits per heavy atom. The molecule has 0 aliphatic carbocycles. The zero-order valence-electron chi connectivity index (χ0n) is 17.6. The van der Waals surface area contributed by atoms with Crippen LogP contribution in [0.5, 0.6) is 0 Å². The van der Waals surface area contributed by atoms with Crippen molar-refractivity contribution in [1.82, 2.24) is 14.1 Å². The van der Waals surface area contributed by atoms with Crippen LogP contribution in [0.1, 0.15) is 36.1 Å². The van der Waals surface area contributed by atoms with Gasteiger partial charge < -0.3 is 0 Å². The number of nitrogens with zero attached hydrogens (tertiary/aromatic N) is 2. The van der Waals surface area contributed by atoms with E-state index in [1.807, 2.05) is 19.9 Å². The Hall–Kier alpha value is -2.01. The smallest absolute Gasteiger partial charge is 0.257 e. The van der Waals surface area contributed by atoms with Gasteiger partial charge in [0.25, 0.3) is 10.0 Å². The van der Waals surface area contributed by atoms with Crippen LogP contribution in [0.3, 0.4) is 0 Å². The van der Waals surface area contributed by atoms with E-state index in [1.165, 1.54) is 22.6 Å². The highest BCUT2D eigenvalue weighted by Crippen LogP contribution is 2.26. The van der Waals surface area contributed by atoms with E-state index in [9.17, 15) is 16.8 Å². The summed E-state index contributed by atoms with van der Waals surface area (Å²) in [5.74, 6) is 0.187. The summed E-state index contributed by atoms with van der Waals surface area (Å²) in [5, 5.41) is 0. The van der Waals surface area contributed by atoms with E-state index in [0.29, 0.717) is 24.2 Å². The molecule has 10 heteroatoms. The normalized spacial score (nSPS) is 12.4. The Morgan fingerprint density at radius 2 is 1.48 bits per heavy atom. The lowest BCUT2D eigenvalue weighted by Crippen LogP contribution is -2.32. The van der Waals surface area contributed by atoms with Crippen LogP contribution in [0.4, 0.5) is 5.82 Å². The Balaban J connectivity index is 2.25. The van der Waals surface area contributed by atoms with Gasteiger partial charge in [-0.1, -0.05) is 19.9 Å². The van der Waals surface area contributed by atoms with E-state index in [4.69, 9.17) is 0 Å². The molecule has 0 atom stereocenters. The minimum Gasteiger partial charge on any atom is -0.292 e. The van der Waals surface area contributed by atoms with Gasteiger partial charge in [0.2, 0.25) is 10.0 Å². The summed E-state index contributed by atoms with van der Waals surface area (Å²) in [7, 11) is -7.47. The summed E-state index contributed by atoms with van der Waals surface area (Å²) in [6, 6.07) is 4.76. The number of hydrazine groups is 1. The number of sulfonamides is 2. The van der Waals surface area contributed by atoms with Crippen molar-refractivity contribution in [3.8, 4) is 0 Å². The number of aromatic nitrogens is 1. The predicted molar refractivity (Wildman–Crippen MR) is 114 cm³/mol. The van der Waals surface area contributed by atoms with Crippen LogP contribution in [0.15, 0.2) is 34.2 Å². The second-order valence-electron chi connectivity index (χ2n) is 6.79. The second kappa shape index (κ2) is 8.78. The Labute approximate surface area is 173 Å². The maximum absolute atomic E-state index is 12.8. The number of benzene rings is 1. The summed E-state index contributed by atoms with van der Waals surface area (Å²) in [6.45, 7) is 11.5. The molecular weight excluding hydrogens is 412 g/mol. The van der Waals surface area contributed by atoms with Crippen molar-refractivity contribution >= 4 is 25.9 Å². The molecule has 0 saturated heterocycles. The van der Waals surface area contributed by atoms with Gasteiger partial charge in [-0.05, 0) is 62.1 Å². The first kappa shape index (κ1) is 23.3. The van der Waals surface area contributed by atoms with Crippen LogP contribution in [0.25, 0.3) is 0 Å². The molecule has 0 spiro atoms. The van der Waals surface area contributed by atoms with E-state index in [1.54, 1.807) is 27.7 Å². The van der Waals surface area contributed by atoms with E-state index in [2.05, 4.69) is 15.2 Å². The molecule has 2 N–H and O–H groups in total. The van der Waals surface area contributed by atoms with E-state index in [0.717, 1.165) is 11.1 Å². The highest BCUT2D eigenvalue weighted by atomic mass is 32.2. The van der Waals surface area contributed by atoms with Gasteiger partial charge in [0.15, 0.2) is 0 Å². The summed E-state index contributed by atoms with van der Waals surface area (Å²) >= 11 is 0. The average molecular weight is 441 g/mol. The van der Waals surface area contributed by atoms with Crippen LogP contribution in [-0.2, 0) is 20.0 Å². The van der Waals surface area contributed by atoms with Crippen molar-refractivity contribution in [2.75, 3.05) is 18.5 Å². The molecule has 2 rings (SSSR count).